The summed E-state index contributed by atoms with van der Waals surface area (Å²) < 4.78 is 0. The first-order chi connectivity index (χ1) is 5.70. The van der Waals surface area contributed by atoms with Crippen molar-refractivity contribution < 1.29 is 9.90 Å². The molecule has 0 rings (SSSR count). The molecule has 0 aliphatic carbocycles. The molecule has 0 saturated carbocycles. The Bertz CT molecular complexity index is 145. The third kappa shape index (κ3) is 5.92. The molecule has 0 aromatic carbocycles. The molecule has 70 valence electrons. The predicted molar refractivity (Wildman–Crippen MR) is 49.2 cm³/mol. The van der Waals surface area contributed by atoms with Crippen LogP contribution in [0.15, 0.2) is 12.7 Å². The number of carboxylic acids is 1. The van der Waals surface area contributed by atoms with Crippen molar-refractivity contribution in [1.82, 2.24) is 4.90 Å². The third-order valence-corrected chi connectivity index (χ3v) is 1.55. The van der Waals surface area contributed by atoms with Crippen molar-refractivity contribution in [1.29, 1.82) is 0 Å². The molecule has 0 heterocycles. The molecule has 0 amide bonds. The zero-order chi connectivity index (χ0) is 9.40. The van der Waals surface area contributed by atoms with Crippen LogP contribution in [0.3, 0.4) is 0 Å². The van der Waals surface area contributed by atoms with Crippen molar-refractivity contribution in [2.24, 2.45) is 0 Å². The first-order valence-corrected chi connectivity index (χ1v) is 4.25. The number of rotatable bonds is 7. The molecule has 3 nitrogen and oxygen atoms in total. The smallest absolute Gasteiger partial charge is 0.317 e. The Morgan fingerprint density at radius 1 is 1.58 bits per heavy atom. The number of carboxylic acid groups (broad SMARTS) is 1. The first kappa shape index (κ1) is 11.2. The van der Waals surface area contributed by atoms with Gasteiger partial charge in [0, 0.05) is 6.54 Å². The zero-order valence-corrected chi connectivity index (χ0v) is 7.62. The average Bonchev–Trinajstić information content (AvgIpc) is 2.00. The molecular weight excluding hydrogens is 154 g/mol. The second-order valence-electron chi connectivity index (χ2n) is 2.75. The van der Waals surface area contributed by atoms with Gasteiger partial charge in [0.1, 0.15) is 0 Å². The monoisotopic (exact) mass is 171 g/mol. The van der Waals surface area contributed by atoms with Crippen LogP contribution in [0.1, 0.15) is 19.8 Å². The van der Waals surface area contributed by atoms with Crippen molar-refractivity contribution in [3.05, 3.63) is 12.7 Å². The van der Waals surface area contributed by atoms with Crippen LogP contribution in [0, 0.1) is 0 Å². The lowest BCUT2D eigenvalue weighted by Gasteiger charge is -2.17. The van der Waals surface area contributed by atoms with Crippen molar-refractivity contribution in [3.8, 4) is 0 Å². The molecule has 0 fully saturated rings. The molecule has 3 heteroatoms. The van der Waals surface area contributed by atoms with Gasteiger partial charge in [-0.1, -0.05) is 13.0 Å². The lowest BCUT2D eigenvalue weighted by Crippen LogP contribution is -2.31. The van der Waals surface area contributed by atoms with E-state index in [1.807, 2.05) is 17.9 Å². The maximum atomic E-state index is 10.4. The van der Waals surface area contributed by atoms with Crippen LogP contribution >= 0.6 is 0 Å². The molecule has 0 aromatic rings. The molecule has 0 saturated heterocycles. The molecule has 0 aromatic heterocycles. The van der Waals surface area contributed by atoms with Crippen LogP contribution in [-0.2, 0) is 4.79 Å². The number of hydrogen-bond acceptors (Lipinski definition) is 2. The Morgan fingerprint density at radius 3 is 2.67 bits per heavy atom. The highest BCUT2D eigenvalue weighted by atomic mass is 16.4. The fourth-order valence-electron chi connectivity index (χ4n) is 1.05. The third-order valence-electron chi connectivity index (χ3n) is 1.55. The summed E-state index contributed by atoms with van der Waals surface area (Å²) in [5, 5.41) is 8.54. The number of hydrogen-bond donors (Lipinski definition) is 1. The Kier molecular flexibility index (Phi) is 6.38. The van der Waals surface area contributed by atoms with E-state index in [4.69, 9.17) is 5.11 Å². The van der Waals surface area contributed by atoms with Gasteiger partial charge in [-0.05, 0) is 19.4 Å². The molecule has 0 unspecified atom stereocenters. The van der Waals surface area contributed by atoms with Crippen molar-refractivity contribution in [2.75, 3.05) is 19.6 Å². The van der Waals surface area contributed by atoms with E-state index >= 15 is 0 Å². The van der Waals surface area contributed by atoms with E-state index in [-0.39, 0.29) is 6.54 Å². The molecular formula is C9H17NO2. The van der Waals surface area contributed by atoms with Gasteiger partial charge in [-0.2, -0.15) is 0 Å². The van der Waals surface area contributed by atoms with Gasteiger partial charge in [0.2, 0.25) is 0 Å². The van der Waals surface area contributed by atoms with Crippen LogP contribution in [0.2, 0.25) is 0 Å². The van der Waals surface area contributed by atoms with Gasteiger partial charge in [-0.25, -0.2) is 0 Å². The van der Waals surface area contributed by atoms with E-state index in [1.165, 1.54) is 0 Å². The minimum atomic E-state index is -0.757. The number of aliphatic carboxylic acids is 1. The Morgan fingerprint density at radius 2 is 2.25 bits per heavy atom. The Balaban J connectivity index is 3.68. The quantitative estimate of drug-likeness (QED) is 0.588. The maximum absolute atomic E-state index is 10.4. The molecule has 12 heavy (non-hydrogen) atoms. The van der Waals surface area contributed by atoms with Crippen molar-refractivity contribution in [2.45, 2.75) is 19.8 Å². The molecule has 0 radical (unpaired) electrons. The van der Waals surface area contributed by atoms with E-state index in [9.17, 15) is 4.79 Å². The molecule has 1 N–H and O–H groups in total. The van der Waals surface area contributed by atoms with Gasteiger partial charge < -0.3 is 5.11 Å². The predicted octanol–water partition coefficient (Wildman–Crippen LogP) is 1.36. The van der Waals surface area contributed by atoms with Gasteiger partial charge >= 0.3 is 5.97 Å². The summed E-state index contributed by atoms with van der Waals surface area (Å²) in [5.41, 5.74) is 0. The van der Waals surface area contributed by atoms with Crippen LogP contribution in [0.25, 0.3) is 0 Å². The lowest BCUT2D eigenvalue weighted by atomic mass is 10.3. The second kappa shape index (κ2) is 6.85. The van der Waals surface area contributed by atoms with Crippen LogP contribution in [0.5, 0.6) is 0 Å². The summed E-state index contributed by atoms with van der Waals surface area (Å²) in [7, 11) is 0. The fraction of sp³-hybridized carbons (Fsp3) is 0.667. The highest BCUT2D eigenvalue weighted by Crippen LogP contribution is 1.94. The van der Waals surface area contributed by atoms with E-state index < -0.39 is 5.97 Å². The van der Waals surface area contributed by atoms with Gasteiger partial charge in [-0.3, -0.25) is 9.69 Å². The lowest BCUT2D eigenvalue weighted by molar-refractivity contribution is -0.138. The zero-order valence-electron chi connectivity index (χ0n) is 7.62. The molecule has 0 aliphatic rings. The number of nitrogens with zero attached hydrogens (tertiary/aromatic N) is 1. The van der Waals surface area contributed by atoms with Gasteiger partial charge in [0.25, 0.3) is 0 Å². The molecule has 0 spiro atoms. The van der Waals surface area contributed by atoms with E-state index in [0.717, 1.165) is 25.9 Å². The van der Waals surface area contributed by atoms with Crippen molar-refractivity contribution in [3.63, 3.8) is 0 Å². The van der Waals surface area contributed by atoms with Gasteiger partial charge in [0.15, 0.2) is 0 Å². The van der Waals surface area contributed by atoms with Crippen LogP contribution in [-0.4, -0.2) is 35.6 Å². The first-order valence-electron chi connectivity index (χ1n) is 4.25. The molecule has 0 bridgehead atoms. The minimum Gasteiger partial charge on any atom is -0.480 e. The highest BCUT2D eigenvalue weighted by Gasteiger charge is 2.06. The van der Waals surface area contributed by atoms with Gasteiger partial charge in [-0.15, -0.1) is 6.58 Å². The van der Waals surface area contributed by atoms with Crippen LogP contribution in [0.4, 0.5) is 0 Å². The maximum Gasteiger partial charge on any atom is 0.317 e. The Labute approximate surface area is 73.7 Å². The molecule has 0 aliphatic heterocycles. The largest absolute Gasteiger partial charge is 0.480 e. The second-order valence-corrected chi connectivity index (χ2v) is 2.75. The van der Waals surface area contributed by atoms with E-state index in [1.54, 1.807) is 0 Å². The topological polar surface area (TPSA) is 40.5 Å². The van der Waals surface area contributed by atoms with E-state index in [0.29, 0.717) is 0 Å². The number of carbonyl (C=O) groups is 1. The average molecular weight is 171 g/mol. The summed E-state index contributed by atoms with van der Waals surface area (Å²) in [6.45, 7) is 7.43. The summed E-state index contributed by atoms with van der Waals surface area (Å²) in [6, 6.07) is 0. The normalized spacial score (nSPS) is 10.2. The highest BCUT2D eigenvalue weighted by molar-refractivity contribution is 5.69. The van der Waals surface area contributed by atoms with Gasteiger partial charge in [0.05, 0.1) is 6.54 Å². The minimum absolute atomic E-state index is 0.141. The SMILES string of the molecule is C=CCCN(CCC)CC(=O)O. The summed E-state index contributed by atoms with van der Waals surface area (Å²) in [6.07, 6.45) is 3.65. The van der Waals surface area contributed by atoms with Crippen molar-refractivity contribution >= 4 is 5.97 Å². The fourth-order valence-corrected chi connectivity index (χ4v) is 1.05. The summed E-state index contributed by atoms with van der Waals surface area (Å²) in [4.78, 5) is 12.3. The summed E-state index contributed by atoms with van der Waals surface area (Å²) >= 11 is 0. The summed E-state index contributed by atoms with van der Waals surface area (Å²) in [5.74, 6) is -0.757. The van der Waals surface area contributed by atoms with Crippen LogP contribution < -0.4 is 0 Å². The standard InChI is InChI=1S/C9H17NO2/c1-3-5-7-10(6-4-2)8-9(11)12/h3H,1,4-8H2,2H3,(H,11,12). The Hall–Kier alpha value is -0.830. The molecule has 0 atom stereocenters. The van der Waals surface area contributed by atoms with E-state index in [2.05, 4.69) is 6.58 Å².